The number of ether oxygens (including phenoxy) is 1. The fourth-order valence-electron chi connectivity index (χ4n) is 3.76. The predicted molar refractivity (Wildman–Crippen MR) is 74.8 cm³/mol. The number of aliphatic hydroxyl groups is 1. The monoisotopic (exact) mass is 282 g/mol. The molecule has 0 amide bonds. The Hall–Kier alpha value is -0.420. The molecule has 114 valence electrons. The lowest BCUT2D eigenvalue weighted by Gasteiger charge is -2.40. The molecule has 2 bridgehead atoms. The van der Waals surface area contributed by atoms with E-state index in [1.165, 1.54) is 5.57 Å². The highest BCUT2D eigenvalue weighted by Gasteiger charge is 2.42. The molecule has 0 aromatic rings. The molecule has 0 saturated heterocycles. The fraction of sp³-hybridized carbons (Fsp3) is 0.875. The molecule has 2 aliphatic heterocycles. The van der Waals surface area contributed by atoms with Crippen LogP contribution in [0.2, 0.25) is 0 Å². The second kappa shape index (κ2) is 5.76. The van der Waals surface area contributed by atoms with E-state index in [0.717, 1.165) is 44.4 Å². The molecule has 4 nitrogen and oxygen atoms in total. The van der Waals surface area contributed by atoms with E-state index in [-0.39, 0.29) is 18.3 Å². The molecular formula is C16H26O4. The largest absolute Gasteiger partial charge is 0.393 e. The van der Waals surface area contributed by atoms with E-state index < -0.39 is 5.79 Å². The average Bonchev–Trinajstić information content (AvgIpc) is 2.36. The van der Waals surface area contributed by atoms with Crippen LogP contribution in [0.3, 0.4) is 0 Å². The Labute approximate surface area is 121 Å². The zero-order valence-corrected chi connectivity index (χ0v) is 12.5. The Balaban J connectivity index is 1.74. The van der Waals surface area contributed by atoms with Crippen molar-refractivity contribution in [2.75, 3.05) is 0 Å². The Morgan fingerprint density at radius 2 is 2.10 bits per heavy atom. The van der Waals surface area contributed by atoms with Gasteiger partial charge in [0.15, 0.2) is 0 Å². The summed E-state index contributed by atoms with van der Waals surface area (Å²) in [7, 11) is 0. The van der Waals surface area contributed by atoms with Crippen molar-refractivity contribution in [3.63, 3.8) is 0 Å². The molecule has 4 aliphatic rings. The first-order valence-corrected chi connectivity index (χ1v) is 7.94. The Morgan fingerprint density at radius 3 is 2.85 bits per heavy atom. The standard InChI is InChI=1S/C16H26O4/c1-11-6-13-8-14(9-13)7-12(2)19-20-16(18-11)5-3-4-15(17)10-16/h7,11-13,15,17H,3-6,8-10H2,1-2H3. The first-order valence-electron chi connectivity index (χ1n) is 7.94. The van der Waals surface area contributed by atoms with E-state index in [1.807, 2.05) is 6.92 Å². The molecule has 1 spiro atoms. The van der Waals surface area contributed by atoms with Crippen LogP contribution in [0.1, 0.15) is 58.8 Å². The second-order valence-electron chi connectivity index (χ2n) is 6.81. The number of hydrogen-bond acceptors (Lipinski definition) is 4. The lowest BCUT2D eigenvalue weighted by atomic mass is 9.76. The molecule has 0 radical (unpaired) electrons. The van der Waals surface area contributed by atoms with Crippen molar-refractivity contribution in [2.45, 2.75) is 82.9 Å². The van der Waals surface area contributed by atoms with E-state index >= 15 is 0 Å². The van der Waals surface area contributed by atoms with Gasteiger partial charge < -0.3 is 9.84 Å². The number of allylic oxidation sites excluding steroid dienone is 1. The topological polar surface area (TPSA) is 47.9 Å². The van der Waals surface area contributed by atoms with Gasteiger partial charge in [-0.05, 0) is 51.9 Å². The first-order chi connectivity index (χ1) is 9.55. The summed E-state index contributed by atoms with van der Waals surface area (Å²) >= 11 is 0. The summed E-state index contributed by atoms with van der Waals surface area (Å²) in [5, 5.41) is 9.96. The normalized spacial score (nSPS) is 46.2. The zero-order chi connectivity index (χ0) is 14.2. The molecule has 2 fully saturated rings. The maximum absolute atomic E-state index is 9.96. The number of aliphatic hydroxyl groups excluding tert-OH is 1. The van der Waals surface area contributed by atoms with Gasteiger partial charge in [-0.15, -0.1) is 0 Å². The Kier molecular flexibility index (Phi) is 4.18. The Morgan fingerprint density at radius 1 is 1.30 bits per heavy atom. The van der Waals surface area contributed by atoms with Gasteiger partial charge in [-0.2, -0.15) is 0 Å². The number of rotatable bonds is 0. The molecule has 4 heteroatoms. The molecule has 0 aromatic heterocycles. The van der Waals surface area contributed by atoms with E-state index in [2.05, 4.69) is 13.0 Å². The zero-order valence-electron chi connectivity index (χ0n) is 12.5. The summed E-state index contributed by atoms with van der Waals surface area (Å²) in [6.45, 7) is 4.10. The van der Waals surface area contributed by atoms with Crippen LogP contribution in [0, 0.1) is 5.92 Å². The van der Waals surface area contributed by atoms with Crippen LogP contribution in [0.5, 0.6) is 0 Å². The smallest absolute Gasteiger partial charge is 0.204 e. The van der Waals surface area contributed by atoms with Crippen LogP contribution in [0.4, 0.5) is 0 Å². The van der Waals surface area contributed by atoms with Gasteiger partial charge in [0.25, 0.3) is 0 Å². The van der Waals surface area contributed by atoms with Gasteiger partial charge in [0, 0.05) is 12.8 Å². The molecule has 2 aliphatic carbocycles. The minimum Gasteiger partial charge on any atom is -0.393 e. The van der Waals surface area contributed by atoms with Crippen LogP contribution in [-0.2, 0) is 14.5 Å². The van der Waals surface area contributed by atoms with E-state index in [9.17, 15) is 5.11 Å². The maximum Gasteiger partial charge on any atom is 0.204 e. The quantitative estimate of drug-likeness (QED) is 0.548. The maximum atomic E-state index is 9.96. The summed E-state index contributed by atoms with van der Waals surface area (Å²) in [5.41, 5.74) is 1.47. The van der Waals surface area contributed by atoms with Crippen molar-refractivity contribution in [1.29, 1.82) is 0 Å². The lowest BCUT2D eigenvalue weighted by Crippen LogP contribution is -2.45. The molecule has 2 heterocycles. The van der Waals surface area contributed by atoms with Crippen molar-refractivity contribution in [3.05, 3.63) is 11.6 Å². The summed E-state index contributed by atoms with van der Waals surface area (Å²) < 4.78 is 6.19. The first kappa shape index (κ1) is 14.5. The summed E-state index contributed by atoms with van der Waals surface area (Å²) in [4.78, 5) is 11.2. The van der Waals surface area contributed by atoms with Gasteiger partial charge in [-0.3, -0.25) is 0 Å². The SMILES string of the molecule is CC1C=C2CC(C2)CC(C)OC2(CCCC(O)C2)OO1. The van der Waals surface area contributed by atoms with Crippen LogP contribution in [0.15, 0.2) is 11.6 Å². The van der Waals surface area contributed by atoms with Gasteiger partial charge >= 0.3 is 0 Å². The summed E-state index contributed by atoms with van der Waals surface area (Å²) in [5.74, 6) is -0.0365. The van der Waals surface area contributed by atoms with E-state index in [1.54, 1.807) is 0 Å². The number of fused-ring (bicyclic) bond motifs is 5. The highest BCUT2D eigenvalue weighted by atomic mass is 17.2. The molecule has 4 rings (SSSR count). The molecular weight excluding hydrogens is 256 g/mol. The lowest BCUT2D eigenvalue weighted by molar-refractivity contribution is -0.454. The van der Waals surface area contributed by atoms with Gasteiger partial charge in [0.2, 0.25) is 5.79 Å². The van der Waals surface area contributed by atoms with Crippen LogP contribution >= 0.6 is 0 Å². The van der Waals surface area contributed by atoms with E-state index in [4.69, 9.17) is 14.5 Å². The minimum absolute atomic E-state index is 0.0566. The minimum atomic E-state index is -0.765. The van der Waals surface area contributed by atoms with Gasteiger partial charge in [-0.25, -0.2) is 9.78 Å². The number of hydrogen-bond donors (Lipinski definition) is 1. The van der Waals surface area contributed by atoms with Gasteiger partial charge in [-0.1, -0.05) is 11.6 Å². The van der Waals surface area contributed by atoms with Crippen LogP contribution in [-0.4, -0.2) is 29.2 Å². The van der Waals surface area contributed by atoms with Crippen LogP contribution < -0.4 is 0 Å². The van der Waals surface area contributed by atoms with Gasteiger partial charge in [0.05, 0.1) is 12.2 Å². The molecule has 0 aromatic carbocycles. The summed E-state index contributed by atoms with van der Waals surface area (Å²) in [6.07, 6.45) is 8.32. The van der Waals surface area contributed by atoms with Crippen molar-refractivity contribution in [2.24, 2.45) is 5.92 Å². The highest BCUT2D eigenvalue weighted by Crippen LogP contribution is 2.41. The van der Waals surface area contributed by atoms with E-state index in [0.29, 0.717) is 6.42 Å². The second-order valence-corrected chi connectivity index (χ2v) is 6.81. The highest BCUT2D eigenvalue weighted by molar-refractivity contribution is 5.14. The fourth-order valence-corrected chi connectivity index (χ4v) is 3.76. The van der Waals surface area contributed by atoms with Crippen molar-refractivity contribution >= 4 is 0 Å². The van der Waals surface area contributed by atoms with Crippen molar-refractivity contribution < 1.29 is 19.6 Å². The molecule has 4 unspecified atom stereocenters. The molecule has 4 atom stereocenters. The van der Waals surface area contributed by atoms with Gasteiger partial charge in [0.1, 0.15) is 6.10 Å². The predicted octanol–water partition coefficient (Wildman–Crippen LogP) is 3.10. The van der Waals surface area contributed by atoms with Crippen molar-refractivity contribution in [1.82, 2.24) is 0 Å². The third-order valence-electron chi connectivity index (χ3n) is 4.65. The third-order valence-corrected chi connectivity index (χ3v) is 4.65. The van der Waals surface area contributed by atoms with Crippen molar-refractivity contribution in [3.8, 4) is 0 Å². The third kappa shape index (κ3) is 3.25. The Bertz CT molecular complexity index is 373. The summed E-state index contributed by atoms with van der Waals surface area (Å²) in [6, 6.07) is 0. The average molecular weight is 282 g/mol. The molecule has 20 heavy (non-hydrogen) atoms. The molecule has 1 N–H and O–H groups in total. The van der Waals surface area contributed by atoms with Crippen LogP contribution in [0.25, 0.3) is 0 Å². The molecule has 2 saturated carbocycles.